The molecule has 0 amide bonds. The molecule has 0 bridgehead atoms. The van der Waals surface area contributed by atoms with Gasteiger partial charge in [-0.1, -0.05) is 0 Å². The molecule has 0 saturated heterocycles. The summed E-state index contributed by atoms with van der Waals surface area (Å²) < 4.78 is 2.20. The molecule has 0 saturated carbocycles. The molecule has 0 radical (unpaired) electrons. The fourth-order valence-corrected chi connectivity index (χ4v) is 2.05. The van der Waals surface area contributed by atoms with Crippen LogP contribution in [0.1, 0.15) is 32.1 Å². The van der Waals surface area contributed by atoms with E-state index < -0.39 is 0 Å². The third-order valence-electron chi connectivity index (χ3n) is 2.57. The zero-order valence-electron chi connectivity index (χ0n) is 9.65. The van der Waals surface area contributed by atoms with Gasteiger partial charge in [0.15, 0.2) is 5.65 Å². The van der Waals surface area contributed by atoms with Crippen LogP contribution in [0, 0.1) is 0 Å². The summed E-state index contributed by atoms with van der Waals surface area (Å²) in [5.41, 5.74) is 1.95. The van der Waals surface area contributed by atoms with E-state index in [1.807, 2.05) is 18.3 Å². The maximum absolute atomic E-state index is 5.73. The summed E-state index contributed by atoms with van der Waals surface area (Å²) in [4.78, 5) is 9.01. The van der Waals surface area contributed by atoms with Crippen molar-refractivity contribution in [2.45, 2.75) is 32.7 Å². The smallest absolute Gasteiger partial charge is 0.160 e. The number of alkyl halides is 1. The Kier molecular flexibility index (Phi) is 3.44. The molecule has 0 unspecified atom stereocenters. The molecule has 86 valence electrons. The van der Waals surface area contributed by atoms with Gasteiger partial charge in [0.25, 0.3) is 0 Å². The Labute approximate surface area is 100 Å². The van der Waals surface area contributed by atoms with E-state index in [2.05, 4.69) is 28.4 Å². The number of hydrogen-bond acceptors (Lipinski definition) is 2. The Hall–Kier alpha value is -1.09. The molecule has 0 aliphatic rings. The highest BCUT2D eigenvalue weighted by Gasteiger charge is 2.13. The van der Waals surface area contributed by atoms with Crippen molar-refractivity contribution in [3.8, 4) is 0 Å². The normalized spacial score (nSPS) is 11.5. The van der Waals surface area contributed by atoms with Gasteiger partial charge in [0.2, 0.25) is 0 Å². The first-order chi connectivity index (χ1) is 7.74. The molecule has 16 heavy (non-hydrogen) atoms. The fourth-order valence-electron chi connectivity index (χ4n) is 1.92. The first-order valence-electron chi connectivity index (χ1n) is 5.62. The molecule has 2 aromatic rings. The lowest BCUT2D eigenvalue weighted by Crippen LogP contribution is -2.07. The van der Waals surface area contributed by atoms with Crippen molar-refractivity contribution < 1.29 is 0 Å². The van der Waals surface area contributed by atoms with Crippen LogP contribution in [-0.4, -0.2) is 20.4 Å². The highest BCUT2D eigenvalue weighted by molar-refractivity contribution is 6.17. The van der Waals surface area contributed by atoms with Crippen LogP contribution in [0.3, 0.4) is 0 Å². The first-order valence-corrected chi connectivity index (χ1v) is 6.15. The zero-order chi connectivity index (χ0) is 11.5. The third-order valence-corrected chi connectivity index (χ3v) is 2.84. The largest absolute Gasteiger partial charge is 0.310 e. The molecule has 0 aromatic carbocycles. The van der Waals surface area contributed by atoms with Crippen LogP contribution in [-0.2, 0) is 6.42 Å². The van der Waals surface area contributed by atoms with E-state index in [1.165, 1.54) is 0 Å². The summed E-state index contributed by atoms with van der Waals surface area (Å²) in [7, 11) is 0. The quantitative estimate of drug-likeness (QED) is 0.765. The van der Waals surface area contributed by atoms with Crippen molar-refractivity contribution >= 4 is 22.8 Å². The molecule has 0 spiro atoms. The van der Waals surface area contributed by atoms with Crippen LogP contribution in [0.5, 0.6) is 0 Å². The van der Waals surface area contributed by atoms with E-state index in [1.54, 1.807) is 0 Å². The monoisotopic (exact) mass is 237 g/mol. The minimum atomic E-state index is 0.380. The van der Waals surface area contributed by atoms with E-state index in [4.69, 9.17) is 11.6 Å². The van der Waals surface area contributed by atoms with Crippen molar-refractivity contribution in [2.75, 3.05) is 5.88 Å². The van der Waals surface area contributed by atoms with Crippen molar-refractivity contribution in [1.29, 1.82) is 0 Å². The van der Waals surface area contributed by atoms with E-state index in [9.17, 15) is 0 Å². The maximum atomic E-state index is 5.73. The number of aromatic nitrogens is 3. The average molecular weight is 238 g/mol. The second-order valence-electron chi connectivity index (χ2n) is 4.13. The van der Waals surface area contributed by atoms with Crippen LogP contribution >= 0.6 is 11.6 Å². The Bertz CT molecular complexity index is 476. The van der Waals surface area contributed by atoms with Crippen LogP contribution in [0.15, 0.2) is 18.3 Å². The second kappa shape index (κ2) is 4.83. The van der Waals surface area contributed by atoms with Crippen LogP contribution in [0.2, 0.25) is 0 Å². The predicted molar refractivity (Wildman–Crippen MR) is 67.0 cm³/mol. The highest BCUT2D eigenvalue weighted by atomic mass is 35.5. The summed E-state index contributed by atoms with van der Waals surface area (Å²) in [6.07, 6.45) is 3.68. The lowest BCUT2D eigenvalue weighted by molar-refractivity contribution is 0.576. The third kappa shape index (κ3) is 2.05. The molecular weight excluding hydrogens is 222 g/mol. The van der Waals surface area contributed by atoms with Crippen molar-refractivity contribution in [3.05, 3.63) is 24.2 Å². The van der Waals surface area contributed by atoms with Crippen LogP contribution in [0.25, 0.3) is 11.2 Å². The van der Waals surface area contributed by atoms with Crippen molar-refractivity contribution in [2.24, 2.45) is 0 Å². The number of aryl methyl sites for hydroxylation is 1. The van der Waals surface area contributed by atoms with Gasteiger partial charge in [0, 0.05) is 24.5 Å². The Morgan fingerprint density at radius 2 is 2.25 bits per heavy atom. The number of nitrogens with zero attached hydrogens (tertiary/aromatic N) is 3. The number of hydrogen-bond donors (Lipinski definition) is 0. The molecule has 2 heterocycles. The van der Waals surface area contributed by atoms with Gasteiger partial charge in [-0.3, -0.25) is 0 Å². The number of rotatable bonds is 4. The molecular formula is C12H16ClN3. The van der Waals surface area contributed by atoms with Crippen molar-refractivity contribution in [1.82, 2.24) is 14.5 Å². The SMILES string of the molecule is CC(C)n1c(CCCCl)nc2cccnc21. The summed E-state index contributed by atoms with van der Waals surface area (Å²) in [6.45, 7) is 4.31. The van der Waals surface area contributed by atoms with E-state index in [-0.39, 0.29) is 0 Å². The summed E-state index contributed by atoms with van der Waals surface area (Å²) in [6, 6.07) is 4.31. The van der Waals surface area contributed by atoms with Gasteiger partial charge < -0.3 is 4.57 Å². The van der Waals surface area contributed by atoms with Gasteiger partial charge in [-0.2, -0.15) is 0 Å². The molecule has 0 aliphatic heterocycles. The summed E-state index contributed by atoms with van der Waals surface area (Å²) in [5.74, 6) is 1.76. The number of imidazole rings is 1. The molecule has 0 atom stereocenters. The first kappa shape index (κ1) is 11.4. The maximum Gasteiger partial charge on any atom is 0.160 e. The molecule has 4 heteroatoms. The number of halogens is 1. The van der Waals surface area contributed by atoms with Crippen LogP contribution in [0.4, 0.5) is 0 Å². The minimum absolute atomic E-state index is 0.380. The average Bonchev–Trinajstić information content (AvgIpc) is 2.64. The zero-order valence-corrected chi connectivity index (χ0v) is 10.4. The molecule has 2 aromatic heterocycles. The van der Waals surface area contributed by atoms with Crippen LogP contribution < -0.4 is 0 Å². The fraction of sp³-hybridized carbons (Fsp3) is 0.500. The van der Waals surface area contributed by atoms with Gasteiger partial charge in [-0.05, 0) is 32.4 Å². The Morgan fingerprint density at radius 3 is 2.94 bits per heavy atom. The molecule has 2 rings (SSSR count). The molecule has 0 fully saturated rings. The summed E-state index contributed by atoms with van der Waals surface area (Å²) >= 11 is 5.73. The van der Waals surface area contributed by atoms with E-state index in [0.717, 1.165) is 29.8 Å². The van der Waals surface area contributed by atoms with E-state index in [0.29, 0.717) is 11.9 Å². The molecule has 0 aliphatic carbocycles. The van der Waals surface area contributed by atoms with Gasteiger partial charge in [0.1, 0.15) is 11.3 Å². The Balaban J connectivity index is 2.50. The standard InChI is InChI=1S/C12H16ClN3/c1-9(2)16-11(6-3-7-13)15-10-5-4-8-14-12(10)16/h4-5,8-9H,3,6-7H2,1-2H3. The lowest BCUT2D eigenvalue weighted by atomic mass is 10.3. The van der Waals surface area contributed by atoms with Gasteiger partial charge in [-0.15, -0.1) is 11.6 Å². The number of pyridine rings is 1. The molecule has 0 N–H and O–H groups in total. The van der Waals surface area contributed by atoms with E-state index >= 15 is 0 Å². The van der Waals surface area contributed by atoms with Gasteiger partial charge >= 0.3 is 0 Å². The number of fused-ring (bicyclic) bond motifs is 1. The highest BCUT2D eigenvalue weighted by Crippen LogP contribution is 2.19. The summed E-state index contributed by atoms with van der Waals surface area (Å²) in [5, 5.41) is 0. The van der Waals surface area contributed by atoms with Gasteiger partial charge in [-0.25, -0.2) is 9.97 Å². The Morgan fingerprint density at radius 1 is 1.44 bits per heavy atom. The second-order valence-corrected chi connectivity index (χ2v) is 4.51. The predicted octanol–water partition coefficient (Wildman–Crippen LogP) is 3.18. The van der Waals surface area contributed by atoms with Crippen molar-refractivity contribution in [3.63, 3.8) is 0 Å². The molecule has 3 nitrogen and oxygen atoms in total. The topological polar surface area (TPSA) is 30.7 Å². The minimum Gasteiger partial charge on any atom is -0.310 e. The van der Waals surface area contributed by atoms with Gasteiger partial charge in [0.05, 0.1) is 0 Å². The lowest BCUT2D eigenvalue weighted by Gasteiger charge is -2.11.